The van der Waals surface area contributed by atoms with Crippen molar-refractivity contribution in [3.63, 3.8) is 0 Å². The van der Waals surface area contributed by atoms with Crippen molar-refractivity contribution < 1.29 is 13.9 Å². The Labute approximate surface area is 136 Å². The third-order valence-corrected chi connectivity index (χ3v) is 3.83. The zero-order valence-electron chi connectivity index (χ0n) is 12.6. The highest BCUT2D eigenvalue weighted by Gasteiger charge is 2.10. The lowest BCUT2D eigenvalue weighted by molar-refractivity contribution is 0.0843. The first-order valence-electron chi connectivity index (χ1n) is 7.47. The molecule has 0 aliphatic heterocycles. The first-order valence-corrected chi connectivity index (χ1v) is 7.47. The number of aromatic nitrogens is 1. The maximum absolute atomic E-state index is 12.4. The second-order valence-corrected chi connectivity index (χ2v) is 5.38. The van der Waals surface area contributed by atoms with Crippen LogP contribution in [-0.4, -0.2) is 17.1 Å². The summed E-state index contributed by atoms with van der Waals surface area (Å²) in [5.74, 6) is 0.299. The Bertz CT molecular complexity index is 1110. The molecule has 0 saturated heterocycles. The first-order chi connectivity index (χ1) is 11.7. The molecule has 0 saturated carbocycles. The Morgan fingerprint density at radius 2 is 1.83 bits per heavy atom. The molecular formula is C19H13NO4. The van der Waals surface area contributed by atoms with Gasteiger partial charge in [0.2, 0.25) is 0 Å². The van der Waals surface area contributed by atoms with Gasteiger partial charge in [0.15, 0.2) is 6.61 Å². The van der Waals surface area contributed by atoms with E-state index in [1.54, 1.807) is 35.0 Å². The summed E-state index contributed by atoms with van der Waals surface area (Å²) < 4.78 is 12.2. The third-order valence-electron chi connectivity index (χ3n) is 3.83. The summed E-state index contributed by atoms with van der Waals surface area (Å²) >= 11 is 0. The summed E-state index contributed by atoms with van der Waals surface area (Å²) in [5, 5.41) is 1.79. The molecule has 0 fully saturated rings. The van der Waals surface area contributed by atoms with E-state index in [4.69, 9.17) is 9.15 Å². The van der Waals surface area contributed by atoms with Gasteiger partial charge in [-0.1, -0.05) is 18.2 Å². The van der Waals surface area contributed by atoms with E-state index in [-0.39, 0.29) is 12.5 Å². The topological polar surface area (TPSA) is 61.4 Å². The molecule has 4 aromatic rings. The molecule has 4 rings (SSSR count). The maximum Gasteiger partial charge on any atom is 0.336 e. The van der Waals surface area contributed by atoms with Crippen molar-refractivity contribution in [2.45, 2.75) is 0 Å². The van der Waals surface area contributed by atoms with E-state index < -0.39 is 5.63 Å². The predicted molar refractivity (Wildman–Crippen MR) is 90.5 cm³/mol. The molecule has 24 heavy (non-hydrogen) atoms. The molecule has 0 bridgehead atoms. The third kappa shape index (κ3) is 2.56. The Kier molecular flexibility index (Phi) is 3.39. The molecule has 0 spiro atoms. The molecule has 0 amide bonds. The first kappa shape index (κ1) is 14.3. The number of ether oxygens (including phenoxy) is 1. The highest BCUT2D eigenvalue weighted by atomic mass is 16.5. The number of fused-ring (bicyclic) bond motifs is 2. The molecule has 118 valence electrons. The molecule has 5 nitrogen and oxygen atoms in total. The van der Waals surface area contributed by atoms with Crippen LogP contribution in [0.15, 0.2) is 76.1 Å². The number of carbonyl (C=O) groups excluding carboxylic acids is 1. The van der Waals surface area contributed by atoms with Crippen LogP contribution in [0, 0.1) is 0 Å². The smallest absolute Gasteiger partial charge is 0.336 e. The number of nitrogens with zero attached hydrogens (tertiary/aromatic N) is 1. The SMILES string of the molecule is O=C(COc1ccc2ccc(=O)oc2c1)n1ccc2ccccc21. The van der Waals surface area contributed by atoms with Crippen molar-refractivity contribution in [2.75, 3.05) is 6.61 Å². The van der Waals surface area contributed by atoms with Crippen LogP contribution in [0.2, 0.25) is 0 Å². The Morgan fingerprint density at radius 1 is 1.00 bits per heavy atom. The van der Waals surface area contributed by atoms with Gasteiger partial charge < -0.3 is 9.15 Å². The van der Waals surface area contributed by atoms with E-state index in [2.05, 4.69) is 0 Å². The van der Waals surface area contributed by atoms with Crippen LogP contribution in [0.5, 0.6) is 5.75 Å². The molecule has 0 atom stereocenters. The van der Waals surface area contributed by atoms with E-state index in [1.165, 1.54) is 6.07 Å². The van der Waals surface area contributed by atoms with E-state index in [0.29, 0.717) is 11.3 Å². The summed E-state index contributed by atoms with van der Waals surface area (Å²) in [6.07, 6.45) is 1.73. The van der Waals surface area contributed by atoms with Gasteiger partial charge in [-0.25, -0.2) is 4.79 Å². The second kappa shape index (κ2) is 5.70. The van der Waals surface area contributed by atoms with Gasteiger partial charge in [0, 0.05) is 29.1 Å². The monoisotopic (exact) mass is 319 g/mol. The molecule has 0 N–H and O–H groups in total. The Morgan fingerprint density at radius 3 is 2.75 bits per heavy atom. The lowest BCUT2D eigenvalue weighted by Crippen LogP contribution is -2.18. The van der Waals surface area contributed by atoms with Gasteiger partial charge in [-0.3, -0.25) is 9.36 Å². The van der Waals surface area contributed by atoms with Gasteiger partial charge in [-0.2, -0.15) is 0 Å². The number of para-hydroxylation sites is 1. The van der Waals surface area contributed by atoms with E-state index in [9.17, 15) is 9.59 Å². The quantitative estimate of drug-likeness (QED) is 0.543. The van der Waals surface area contributed by atoms with Crippen LogP contribution in [0.1, 0.15) is 4.79 Å². The summed E-state index contributed by atoms with van der Waals surface area (Å²) in [5.41, 5.74) is 0.851. The second-order valence-electron chi connectivity index (χ2n) is 5.38. The summed E-state index contributed by atoms with van der Waals surface area (Å²) in [4.78, 5) is 23.7. The van der Waals surface area contributed by atoms with E-state index in [1.807, 2.05) is 30.3 Å². The number of carbonyl (C=O) groups is 1. The lowest BCUT2D eigenvalue weighted by atomic mass is 10.2. The lowest BCUT2D eigenvalue weighted by Gasteiger charge is -2.07. The van der Waals surface area contributed by atoms with Crippen molar-refractivity contribution in [1.82, 2.24) is 4.57 Å². The van der Waals surface area contributed by atoms with Gasteiger partial charge in [0.25, 0.3) is 5.91 Å². The number of rotatable bonds is 3. The molecule has 2 aromatic heterocycles. The van der Waals surface area contributed by atoms with Crippen molar-refractivity contribution >= 4 is 27.8 Å². The van der Waals surface area contributed by atoms with Crippen molar-refractivity contribution in [1.29, 1.82) is 0 Å². The zero-order valence-corrected chi connectivity index (χ0v) is 12.6. The molecule has 0 aliphatic rings. The fourth-order valence-corrected chi connectivity index (χ4v) is 2.65. The molecular weight excluding hydrogens is 306 g/mol. The van der Waals surface area contributed by atoms with Gasteiger partial charge >= 0.3 is 5.63 Å². The molecule has 2 heterocycles. The van der Waals surface area contributed by atoms with Crippen LogP contribution in [0.25, 0.3) is 21.9 Å². The summed E-state index contributed by atoms with van der Waals surface area (Å²) in [6, 6.07) is 17.7. The van der Waals surface area contributed by atoms with Gasteiger partial charge in [-0.05, 0) is 30.3 Å². The van der Waals surface area contributed by atoms with Crippen LogP contribution >= 0.6 is 0 Å². The fraction of sp³-hybridized carbons (Fsp3) is 0.0526. The maximum atomic E-state index is 12.4. The number of hydrogen-bond acceptors (Lipinski definition) is 4. The predicted octanol–water partition coefficient (Wildman–Crippen LogP) is 3.47. The van der Waals surface area contributed by atoms with Crippen LogP contribution < -0.4 is 10.4 Å². The Hall–Kier alpha value is -3.34. The van der Waals surface area contributed by atoms with Crippen molar-refractivity contribution in [3.05, 3.63) is 77.3 Å². The van der Waals surface area contributed by atoms with Crippen LogP contribution in [-0.2, 0) is 0 Å². The molecule has 0 radical (unpaired) electrons. The normalized spacial score (nSPS) is 11.0. The number of hydrogen-bond donors (Lipinski definition) is 0. The summed E-state index contributed by atoms with van der Waals surface area (Å²) in [7, 11) is 0. The number of benzene rings is 2. The van der Waals surface area contributed by atoms with Crippen LogP contribution in [0.3, 0.4) is 0 Å². The standard InChI is InChI=1S/C19H13NO4/c21-18(20-10-9-13-3-1-2-4-16(13)20)12-23-15-7-5-14-6-8-19(22)24-17(14)11-15/h1-11H,12H2. The zero-order chi connectivity index (χ0) is 16.5. The molecule has 2 aromatic carbocycles. The average molecular weight is 319 g/mol. The minimum absolute atomic E-state index is 0.110. The van der Waals surface area contributed by atoms with E-state index in [0.717, 1.165) is 16.3 Å². The minimum atomic E-state index is -0.422. The molecule has 0 unspecified atom stereocenters. The van der Waals surface area contributed by atoms with Gasteiger partial charge in [-0.15, -0.1) is 0 Å². The summed E-state index contributed by atoms with van der Waals surface area (Å²) in [6.45, 7) is -0.110. The largest absolute Gasteiger partial charge is 0.484 e. The minimum Gasteiger partial charge on any atom is -0.484 e. The van der Waals surface area contributed by atoms with E-state index >= 15 is 0 Å². The average Bonchev–Trinajstić information content (AvgIpc) is 3.03. The molecule has 0 aliphatic carbocycles. The van der Waals surface area contributed by atoms with Crippen LogP contribution in [0.4, 0.5) is 0 Å². The fourth-order valence-electron chi connectivity index (χ4n) is 2.65. The van der Waals surface area contributed by atoms with Gasteiger partial charge in [0.05, 0.1) is 5.52 Å². The van der Waals surface area contributed by atoms with Gasteiger partial charge in [0.1, 0.15) is 11.3 Å². The van der Waals surface area contributed by atoms with Crippen molar-refractivity contribution in [3.8, 4) is 5.75 Å². The van der Waals surface area contributed by atoms with Crippen molar-refractivity contribution in [2.24, 2.45) is 0 Å². The molecule has 5 heteroatoms. The Balaban J connectivity index is 1.56. The highest BCUT2D eigenvalue weighted by Crippen LogP contribution is 2.20. The highest BCUT2D eigenvalue weighted by molar-refractivity contribution is 5.93.